The molecule has 0 atom stereocenters. The van der Waals surface area contributed by atoms with Crippen molar-refractivity contribution in [2.24, 2.45) is 5.41 Å². The van der Waals surface area contributed by atoms with Crippen molar-refractivity contribution in [2.75, 3.05) is 12.3 Å². The van der Waals surface area contributed by atoms with Crippen LogP contribution in [0.5, 0.6) is 0 Å². The fourth-order valence-corrected chi connectivity index (χ4v) is 3.63. The highest BCUT2D eigenvalue weighted by Crippen LogP contribution is 2.45. The van der Waals surface area contributed by atoms with Crippen molar-refractivity contribution in [1.29, 1.82) is 0 Å². The van der Waals surface area contributed by atoms with Crippen molar-refractivity contribution < 1.29 is 9.59 Å². The summed E-state index contributed by atoms with van der Waals surface area (Å²) in [5.41, 5.74) is 7.13. The first kappa shape index (κ1) is 14.1. The van der Waals surface area contributed by atoms with E-state index in [4.69, 9.17) is 5.73 Å². The molecule has 112 valence electrons. The van der Waals surface area contributed by atoms with Crippen LogP contribution in [0, 0.1) is 5.41 Å². The zero-order valence-electron chi connectivity index (χ0n) is 12.3. The van der Waals surface area contributed by atoms with E-state index >= 15 is 0 Å². The normalized spacial score (nSPS) is 21.2. The van der Waals surface area contributed by atoms with Crippen LogP contribution in [0.4, 0.5) is 5.69 Å². The molecule has 0 unspecified atom stereocenters. The third-order valence-corrected chi connectivity index (χ3v) is 4.90. The summed E-state index contributed by atoms with van der Waals surface area (Å²) in [5.74, 6) is 0.0833. The highest BCUT2D eigenvalue weighted by molar-refractivity contribution is 6.05. The number of hydrogen-bond donors (Lipinski definition) is 1. The average molecular weight is 286 g/mol. The molecule has 4 heteroatoms. The van der Waals surface area contributed by atoms with Gasteiger partial charge >= 0.3 is 0 Å². The second-order valence-corrected chi connectivity index (χ2v) is 6.36. The van der Waals surface area contributed by atoms with Gasteiger partial charge < -0.3 is 5.73 Å². The smallest absolute Gasteiger partial charge is 0.235 e. The van der Waals surface area contributed by atoms with Gasteiger partial charge in [0.1, 0.15) is 0 Å². The molecule has 2 N–H and O–H groups in total. The lowest BCUT2D eigenvalue weighted by Crippen LogP contribution is -2.37. The van der Waals surface area contributed by atoms with Crippen LogP contribution in [0.15, 0.2) is 24.3 Å². The van der Waals surface area contributed by atoms with Gasteiger partial charge in [-0.3, -0.25) is 14.5 Å². The summed E-state index contributed by atoms with van der Waals surface area (Å²) >= 11 is 0. The molecule has 3 rings (SSSR count). The van der Waals surface area contributed by atoms with Crippen LogP contribution in [0.3, 0.4) is 0 Å². The number of rotatable bonds is 3. The molecule has 1 aliphatic heterocycles. The summed E-state index contributed by atoms with van der Waals surface area (Å²) < 4.78 is 0. The van der Waals surface area contributed by atoms with Gasteiger partial charge in [0, 0.05) is 18.7 Å². The third-order valence-electron chi connectivity index (χ3n) is 4.90. The molecule has 1 spiro atoms. The zero-order chi connectivity index (χ0) is 14.9. The summed E-state index contributed by atoms with van der Waals surface area (Å²) in [5, 5.41) is 0. The molecular formula is C17H22N2O2. The Labute approximate surface area is 125 Å². The molecule has 0 bridgehead atoms. The highest BCUT2D eigenvalue weighted by atomic mass is 16.2. The van der Waals surface area contributed by atoms with Crippen molar-refractivity contribution in [3.05, 3.63) is 29.8 Å². The van der Waals surface area contributed by atoms with Gasteiger partial charge in [-0.15, -0.1) is 0 Å². The van der Waals surface area contributed by atoms with Crippen molar-refractivity contribution in [3.8, 4) is 0 Å². The Balaban J connectivity index is 1.66. The Kier molecular flexibility index (Phi) is 3.70. The Bertz CT molecular complexity index is 544. The van der Waals surface area contributed by atoms with E-state index in [1.807, 2.05) is 24.3 Å². The zero-order valence-corrected chi connectivity index (χ0v) is 12.3. The molecular weight excluding hydrogens is 264 g/mol. The lowest BCUT2D eigenvalue weighted by molar-refractivity contribution is -0.142. The number of likely N-dealkylation sites (tertiary alicyclic amines) is 1. The van der Waals surface area contributed by atoms with Crippen molar-refractivity contribution in [1.82, 2.24) is 4.90 Å². The number of nitrogens with zero attached hydrogens (tertiary/aromatic N) is 1. The van der Waals surface area contributed by atoms with Crippen molar-refractivity contribution in [3.63, 3.8) is 0 Å². The van der Waals surface area contributed by atoms with Crippen LogP contribution in [0.2, 0.25) is 0 Å². The van der Waals surface area contributed by atoms with Gasteiger partial charge in [-0.25, -0.2) is 0 Å². The lowest BCUT2D eigenvalue weighted by Gasteiger charge is -2.30. The van der Waals surface area contributed by atoms with Crippen LogP contribution in [0.1, 0.15) is 44.1 Å². The fraction of sp³-hybridized carbons (Fsp3) is 0.529. The third kappa shape index (κ3) is 2.67. The maximum Gasteiger partial charge on any atom is 0.235 e. The van der Waals surface area contributed by atoms with Crippen molar-refractivity contribution >= 4 is 17.5 Å². The molecule has 1 aromatic carbocycles. The Morgan fingerprint density at radius 3 is 2.38 bits per heavy atom. The largest absolute Gasteiger partial charge is 0.399 e. The molecule has 0 radical (unpaired) electrons. The van der Waals surface area contributed by atoms with E-state index in [0.717, 1.165) is 36.9 Å². The summed E-state index contributed by atoms with van der Waals surface area (Å²) in [6, 6.07) is 7.62. The lowest BCUT2D eigenvalue weighted by atomic mass is 9.73. The van der Waals surface area contributed by atoms with E-state index in [-0.39, 0.29) is 17.2 Å². The number of imide groups is 1. The molecule has 4 nitrogen and oxygen atoms in total. The topological polar surface area (TPSA) is 63.4 Å². The molecule has 1 aliphatic carbocycles. The number of nitrogens with two attached hydrogens (primary N) is 1. The molecule has 2 aliphatic rings. The number of anilines is 1. The van der Waals surface area contributed by atoms with Crippen LogP contribution < -0.4 is 5.73 Å². The quantitative estimate of drug-likeness (QED) is 0.686. The second-order valence-electron chi connectivity index (χ2n) is 6.36. The standard InChI is InChI=1S/C17H22N2O2/c18-14-6-4-13(5-7-14)8-11-19-15(20)12-17(16(19)21)9-2-1-3-10-17/h4-7H,1-3,8-12,18H2. The SMILES string of the molecule is Nc1ccc(CCN2C(=O)CC3(CCCCC3)C2=O)cc1. The first-order valence-corrected chi connectivity index (χ1v) is 7.80. The molecule has 1 heterocycles. The summed E-state index contributed by atoms with van der Waals surface area (Å²) in [6.07, 6.45) is 6.23. The Hall–Kier alpha value is -1.84. The summed E-state index contributed by atoms with van der Waals surface area (Å²) in [4.78, 5) is 26.4. The number of carbonyl (C=O) groups excluding carboxylic acids is 2. The van der Waals surface area contributed by atoms with E-state index < -0.39 is 0 Å². The number of amides is 2. The minimum atomic E-state index is -0.365. The Morgan fingerprint density at radius 1 is 1.05 bits per heavy atom. The Morgan fingerprint density at radius 2 is 1.71 bits per heavy atom. The van der Waals surface area contributed by atoms with Gasteiger partial charge in [-0.05, 0) is 37.0 Å². The van der Waals surface area contributed by atoms with Crippen LogP contribution >= 0.6 is 0 Å². The van der Waals surface area contributed by atoms with Crippen LogP contribution in [0.25, 0.3) is 0 Å². The van der Waals surface area contributed by atoms with Gasteiger partial charge in [0.05, 0.1) is 5.41 Å². The predicted molar refractivity (Wildman–Crippen MR) is 81.4 cm³/mol. The molecule has 2 amide bonds. The van der Waals surface area contributed by atoms with Crippen molar-refractivity contribution in [2.45, 2.75) is 44.9 Å². The van der Waals surface area contributed by atoms with Gasteiger partial charge in [0.2, 0.25) is 11.8 Å². The van der Waals surface area contributed by atoms with E-state index in [1.54, 1.807) is 0 Å². The maximum absolute atomic E-state index is 12.7. The summed E-state index contributed by atoms with van der Waals surface area (Å²) in [7, 11) is 0. The number of hydrogen-bond acceptors (Lipinski definition) is 3. The van der Waals surface area contributed by atoms with Gasteiger partial charge in [-0.1, -0.05) is 31.4 Å². The fourth-order valence-electron chi connectivity index (χ4n) is 3.63. The number of carbonyl (C=O) groups is 2. The number of benzene rings is 1. The van der Waals surface area contributed by atoms with E-state index in [2.05, 4.69) is 0 Å². The molecule has 2 fully saturated rings. The predicted octanol–water partition coefficient (Wildman–Crippen LogP) is 2.52. The molecule has 0 aromatic heterocycles. The second kappa shape index (κ2) is 5.51. The van der Waals surface area contributed by atoms with Gasteiger partial charge in [-0.2, -0.15) is 0 Å². The first-order chi connectivity index (χ1) is 10.1. The molecule has 1 saturated heterocycles. The molecule has 1 saturated carbocycles. The monoisotopic (exact) mass is 286 g/mol. The van der Waals surface area contributed by atoms with Crippen LogP contribution in [-0.2, 0) is 16.0 Å². The maximum atomic E-state index is 12.7. The van der Waals surface area contributed by atoms with Gasteiger partial charge in [0.15, 0.2) is 0 Å². The van der Waals surface area contributed by atoms with E-state index in [9.17, 15) is 9.59 Å². The summed E-state index contributed by atoms with van der Waals surface area (Å²) in [6.45, 7) is 0.489. The average Bonchev–Trinajstić information content (AvgIpc) is 2.71. The van der Waals surface area contributed by atoms with E-state index in [1.165, 1.54) is 11.3 Å². The van der Waals surface area contributed by atoms with E-state index in [0.29, 0.717) is 19.4 Å². The molecule has 21 heavy (non-hydrogen) atoms. The highest BCUT2D eigenvalue weighted by Gasteiger charge is 2.51. The minimum absolute atomic E-state index is 0.0114. The van der Waals surface area contributed by atoms with Gasteiger partial charge in [0.25, 0.3) is 0 Å². The number of nitrogen functional groups attached to an aromatic ring is 1. The van der Waals surface area contributed by atoms with Crippen LogP contribution in [-0.4, -0.2) is 23.3 Å². The first-order valence-electron chi connectivity index (χ1n) is 7.80. The molecule has 1 aromatic rings. The minimum Gasteiger partial charge on any atom is -0.399 e.